The van der Waals surface area contributed by atoms with Gasteiger partial charge in [0.2, 0.25) is 5.91 Å². The topological polar surface area (TPSA) is 66.4 Å². The fourth-order valence-electron chi connectivity index (χ4n) is 2.51. The van der Waals surface area contributed by atoms with Gasteiger partial charge < -0.3 is 10.4 Å². The van der Waals surface area contributed by atoms with Crippen molar-refractivity contribution in [1.82, 2.24) is 5.32 Å². The zero-order valence-electron chi connectivity index (χ0n) is 11.4. The Morgan fingerprint density at radius 3 is 2.60 bits per heavy atom. The van der Waals surface area contributed by atoms with Gasteiger partial charge in [0.15, 0.2) is 0 Å². The Morgan fingerprint density at radius 1 is 1.40 bits per heavy atom. The molecule has 0 unspecified atom stereocenters. The molecule has 108 valence electrons. The number of carboxylic acid groups (broad SMARTS) is 1. The first kappa shape index (κ1) is 15.0. The van der Waals surface area contributed by atoms with Crippen molar-refractivity contribution in [2.45, 2.75) is 44.6 Å². The van der Waals surface area contributed by atoms with Crippen LogP contribution in [-0.4, -0.2) is 22.5 Å². The van der Waals surface area contributed by atoms with Crippen LogP contribution in [0.2, 0.25) is 0 Å². The maximum absolute atomic E-state index is 12.1. The van der Waals surface area contributed by atoms with Crippen molar-refractivity contribution >= 4 is 27.8 Å². The average molecular weight is 340 g/mol. The van der Waals surface area contributed by atoms with Gasteiger partial charge in [-0.3, -0.25) is 9.59 Å². The number of hydrogen-bond acceptors (Lipinski definition) is 2. The zero-order valence-corrected chi connectivity index (χ0v) is 13.0. The van der Waals surface area contributed by atoms with E-state index in [4.69, 9.17) is 5.11 Å². The molecule has 0 aliphatic heterocycles. The van der Waals surface area contributed by atoms with Gasteiger partial charge >= 0.3 is 5.97 Å². The van der Waals surface area contributed by atoms with Crippen molar-refractivity contribution in [2.75, 3.05) is 0 Å². The molecule has 1 amide bonds. The lowest BCUT2D eigenvalue weighted by molar-refractivity contribution is -0.140. The molecule has 1 aromatic carbocycles. The maximum Gasteiger partial charge on any atom is 0.305 e. The smallest absolute Gasteiger partial charge is 0.305 e. The number of benzene rings is 1. The van der Waals surface area contributed by atoms with Crippen LogP contribution >= 0.6 is 15.9 Å². The lowest BCUT2D eigenvalue weighted by Crippen LogP contribution is -2.55. The molecule has 5 heteroatoms. The number of rotatable bonds is 5. The van der Waals surface area contributed by atoms with Crippen molar-refractivity contribution in [3.63, 3.8) is 0 Å². The van der Waals surface area contributed by atoms with E-state index in [1.807, 2.05) is 25.1 Å². The van der Waals surface area contributed by atoms with Gasteiger partial charge in [0.1, 0.15) is 0 Å². The Kier molecular flexibility index (Phi) is 4.48. The van der Waals surface area contributed by atoms with Crippen LogP contribution in [0.25, 0.3) is 0 Å². The first-order chi connectivity index (χ1) is 9.40. The second-order valence-corrected chi connectivity index (χ2v) is 6.37. The number of nitrogens with one attached hydrogen (secondary N) is 1. The molecule has 20 heavy (non-hydrogen) atoms. The maximum atomic E-state index is 12.1. The molecular weight excluding hydrogens is 322 g/mol. The van der Waals surface area contributed by atoms with Gasteiger partial charge in [-0.15, -0.1) is 0 Å². The van der Waals surface area contributed by atoms with Crippen LogP contribution in [0.1, 0.15) is 36.8 Å². The van der Waals surface area contributed by atoms with Crippen molar-refractivity contribution in [2.24, 2.45) is 0 Å². The molecule has 4 nitrogen and oxygen atoms in total. The Hall–Kier alpha value is -1.36. The van der Waals surface area contributed by atoms with Gasteiger partial charge in [-0.25, -0.2) is 0 Å². The van der Waals surface area contributed by atoms with Crippen LogP contribution in [0.5, 0.6) is 0 Å². The van der Waals surface area contributed by atoms with Gasteiger partial charge in [-0.05, 0) is 43.4 Å². The van der Waals surface area contributed by atoms with E-state index in [0.717, 1.165) is 34.9 Å². The standard InChI is InChI=1S/C15H18BrNO3/c1-10-3-4-11(7-12(10)16)8-13(18)17-15(5-2-6-15)9-14(19)20/h3-4,7H,2,5-6,8-9H2,1H3,(H,17,18)(H,19,20). The summed E-state index contributed by atoms with van der Waals surface area (Å²) in [6.07, 6.45) is 2.77. The predicted molar refractivity (Wildman–Crippen MR) is 79.6 cm³/mol. The number of halogens is 1. The third-order valence-electron chi connectivity index (χ3n) is 3.81. The molecule has 0 bridgehead atoms. The summed E-state index contributed by atoms with van der Waals surface area (Å²) in [7, 11) is 0. The highest BCUT2D eigenvalue weighted by Gasteiger charge is 2.40. The van der Waals surface area contributed by atoms with Gasteiger partial charge in [0.05, 0.1) is 18.4 Å². The van der Waals surface area contributed by atoms with Crippen molar-refractivity contribution in [1.29, 1.82) is 0 Å². The summed E-state index contributed by atoms with van der Waals surface area (Å²) in [5.74, 6) is -0.968. The number of aliphatic carboxylic acids is 1. The largest absolute Gasteiger partial charge is 0.481 e. The molecule has 0 atom stereocenters. The number of carboxylic acids is 1. The van der Waals surface area contributed by atoms with Crippen LogP contribution in [0.4, 0.5) is 0 Å². The van der Waals surface area contributed by atoms with Gasteiger partial charge in [0, 0.05) is 4.47 Å². The van der Waals surface area contributed by atoms with E-state index in [1.54, 1.807) is 0 Å². The summed E-state index contributed by atoms with van der Waals surface area (Å²) >= 11 is 3.45. The molecule has 0 aromatic heterocycles. The molecule has 0 radical (unpaired) electrons. The van der Waals surface area contributed by atoms with E-state index >= 15 is 0 Å². The number of amides is 1. The van der Waals surface area contributed by atoms with E-state index in [-0.39, 0.29) is 18.7 Å². The third kappa shape index (κ3) is 3.60. The van der Waals surface area contributed by atoms with Gasteiger partial charge in [-0.1, -0.05) is 28.1 Å². The van der Waals surface area contributed by atoms with Gasteiger partial charge in [0.25, 0.3) is 0 Å². The Morgan fingerprint density at radius 2 is 2.10 bits per heavy atom. The van der Waals surface area contributed by atoms with Crippen LogP contribution in [-0.2, 0) is 16.0 Å². The Bertz CT molecular complexity index is 538. The van der Waals surface area contributed by atoms with E-state index in [2.05, 4.69) is 21.2 Å². The summed E-state index contributed by atoms with van der Waals surface area (Å²) in [4.78, 5) is 23.0. The second-order valence-electron chi connectivity index (χ2n) is 5.51. The van der Waals surface area contributed by atoms with Crippen LogP contribution in [0, 0.1) is 6.92 Å². The summed E-state index contributed by atoms with van der Waals surface area (Å²) < 4.78 is 0.978. The molecule has 2 N–H and O–H groups in total. The van der Waals surface area contributed by atoms with Crippen LogP contribution in [0.15, 0.2) is 22.7 Å². The van der Waals surface area contributed by atoms with Crippen LogP contribution in [0.3, 0.4) is 0 Å². The van der Waals surface area contributed by atoms with E-state index < -0.39 is 11.5 Å². The monoisotopic (exact) mass is 339 g/mol. The minimum atomic E-state index is -0.858. The van der Waals surface area contributed by atoms with Crippen molar-refractivity contribution in [3.8, 4) is 0 Å². The highest BCUT2D eigenvalue weighted by Crippen LogP contribution is 2.35. The molecule has 0 heterocycles. The lowest BCUT2D eigenvalue weighted by atomic mass is 9.74. The average Bonchev–Trinajstić information content (AvgIpc) is 2.30. The molecule has 1 aromatic rings. The number of hydrogen-bond donors (Lipinski definition) is 2. The fraction of sp³-hybridized carbons (Fsp3) is 0.467. The molecule has 1 aliphatic carbocycles. The molecule has 1 saturated carbocycles. The van der Waals surface area contributed by atoms with Gasteiger partial charge in [-0.2, -0.15) is 0 Å². The van der Waals surface area contributed by atoms with E-state index in [0.29, 0.717) is 0 Å². The first-order valence-electron chi connectivity index (χ1n) is 6.68. The predicted octanol–water partition coefficient (Wildman–Crippen LogP) is 2.81. The second kappa shape index (κ2) is 5.95. The zero-order chi connectivity index (χ0) is 14.8. The summed E-state index contributed by atoms with van der Waals surface area (Å²) in [6, 6.07) is 5.81. The number of carbonyl (C=O) groups is 2. The molecule has 0 saturated heterocycles. The summed E-state index contributed by atoms with van der Waals surface area (Å²) in [5.41, 5.74) is 1.52. The van der Waals surface area contributed by atoms with E-state index in [9.17, 15) is 9.59 Å². The fourth-order valence-corrected chi connectivity index (χ4v) is 2.94. The minimum Gasteiger partial charge on any atom is -0.481 e. The lowest BCUT2D eigenvalue weighted by Gasteiger charge is -2.41. The normalized spacial score (nSPS) is 16.3. The highest BCUT2D eigenvalue weighted by molar-refractivity contribution is 9.10. The van der Waals surface area contributed by atoms with Crippen LogP contribution < -0.4 is 5.32 Å². The molecule has 2 rings (SSSR count). The minimum absolute atomic E-state index is 0.0103. The highest BCUT2D eigenvalue weighted by atomic mass is 79.9. The first-order valence-corrected chi connectivity index (χ1v) is 7.47. The molecule has 1 fully saturated rings. The molecule has 0 spiro atoms. The quantitative estimate of drug-likeness (QED) is 0.866. The summed E-state index contributed by atoms with van der Waals surface area (Å²) in [6.45, 7) is 1.99. The van der Waals surface area contributed by atoms with Crippen molar-refractivity contribution < 1.29 is 14.7 Å². The Labute approximate surface area is 126 Å². The summed E-state index contributed by atoms with van der Waals surface area (Å²) in [5, 5.41) is 11.8. The SMILES string of the molecule is Cc1ccc(CC(=O)NC2(CC(=O)O)CCC2)cc1Br. The number of aryl methyl sites for hydroxylation is 1. The molecule has 1 aliphatic rings. The Balaban J connectivity index is 1.97. The van der Waals surface area contributed by atoms with Crippen molar-refractivity contribution in [3.05, 3.63) is 33.8 Å². The van der Waals surface area contributed by atoms with E-state index in [1.165, 1.54) is 0 Å². The molecular formula is C15H18BrNO3. The third-order valence-corrected chi connectivity index (χ3v) is 4.66. The number of carbonyl (C=O) groups excluding carboxylic acids is 1.